The minimum Gasteiger partial charge on any atom is -0.396 e. The lowest BCUT2D eigenvalue weighted by Crippen LogP contribution is -2.24. The van der Waals surface area contributed by atoms with Crippen molar-refractivity contribution in [2.75, 3.05) is 13.2 Å². The molecule has 4 nitrogen and oxygen atoms in total. The smallest absolute Gasteiger partial charge is 0.252 e. The molecule has 0 aliphatic heterocycles. The van der Waals surface area contributed by atoms with Gasteiger partial charge in [0, 0.05) is 30.0 Å². The number of unbranched alkanes of at least 4 members (excludes halogenated alkanes) is 2. The van der Waals surface area contributed by atoms with Crippen LogP contribution in [0.25, 0.3) is 0 Å². The summed E-state index contributed by atoms with van der Waals surface area (Å²) in [6.07, 6.45) is 5.77. The van der Waals surface area contributed by atoms with Gasteiger partial charge in [0.25, 0.3) is 5.91 Å². The third kappa shape index (κ3) is 4.72. The zero-order chi connectivity index (χ0) is 11.8. The van der Waals surface area contributed by atoms with E-state index in [0.29, 0.717) is 12.1 Å². The summed E-state index contributed by atoms with van der Waals surface area (Å²) in [4.78, 5) is 15.5. The predicted molar refractivity (Wildman–Crippen MR) is 65.2 cm³/mol. The van der Waals surface area contributed by atoms with Gasteiger partial charge in [0.05, 0.1) is 5.56 Å². The lowest BCUT2D eigenvalue weighted by atomic mass is 10.2. The Balaban J connectivity index is 2.30. The second-order valence-corrected chi connectivity index (χ2v) is 4.35. The molecular formula is C11H15BrN2O2. The maximum absolute atomic E-state index is 11.6. The number of aromatic nitrogens is 1. The molecule has 1 aromatic rings. The number of carbonyl (C=O) groups excluding carboxylic acids is 1. The average Bonchev–Trinajstić information content (AvgIpc) is 2.28. The number of amides is 1. The van der Waals surface area contributed by atoms with E-state index >= 15 is 0 Å². The van der Waals surface area contributed by atoms with Gasteiger partial charge in [0.15, 0.2) is 0 Å². The van der Waals surface area contributed by atoms with Crippen molar-refractivity contribution in [2.45, 2.75) is 19.3 Å². The molecular weight excluding hydrogens is 272 g/mol. The number of aliphatic hydroxyl groups is 1. The molecule has 2 N–H and O–H groups in total. The lowest BCUT2D eigenvalue weighted by Gasteiger charge is -2.04. The fourth-order valence-electron chi connectivity index (χ4n) is 1.25. The van der Waals surface area contributed by atoms with Crippen LogP contribution in [-0.4, -0.2) is 29.1 Å². The third-order valence-corrected chi connectivity index (χ3v) is 2.52. The monoisotopic (exact) mass is 286 g/mol. The molecule has 0 saturated heterocycles. The number of hydrogen-bond acceptors (Lipinski definition) is 3. The predicted octanol–water partition coefficient (Wildman–Crippen LogP) is 1.74. The molecule has 0 aliphatic carbocycles. The molecule has 88 valence electrons. The van der Waals surface area contributed by atoms with Gasteiger partial charge in [-0.25, -0.2) is 0 Å². The SMILES string of the molecule is O=C(NCCCCCO)c1cncc(Br)c1. The van der Waals surface area contributed by atoms with Crippen molar-refractivity contribution >= 4 is 21.8 Å². The van der Waals surface area contributed by atoms with Gasteiger partial charge in [-0.2, -0.15) is 0 Å². The van der Waals surface area contributed by atoms with Crippen LogP contribution >= 0.6 is 15.9 Å². The number of aliphatic hydroxyl groups excluding tert-OH is 1. The second kappa shape index (κ2) is 7.35. The van der Waals surface area contributed by atoms with E-state index in [1.165, 1.54) is 6.20 Å². The molecule has 0 aromatic carbocycles. The van der Waals surface area contributed by atoms with Crippen LogP contribution in [0.1, 0.15) is 29.6 Å². The molecule has 0 bridgehead atoms. The summed E-state index contributed by atoms with van der Waals surface area (Å²) in [5.74, 6) is -0.113. The first-order chi connectivity index (χ1) is 7.74. The Bertz CT molecular complexity index is 345. The molecule has 1 amide bonds. The second-order valence-electron chi connectivity index (χ2n) is 3.43. The van der Waals surface area contributed by atoms with Crippen molar-refractivity contribution in [3.8, 4) is 0 Å². The molecule has 0 atom stereocenters. The minimum atomic E-state index is -0.113. The molecule has 0 aliphatic rings. The highest BCUT2D eigenvalue weighted by Gasteiger charge is 2.04. The summed E-state index contributed by atoms with van der Waals surface area (Å²) in [6, 6.07) is 1.73. The maximum Gasteiger partial charge on any atom is 0.252 e. The Labute approximate surface area is 103 Å². The van der Waals surface area contributed by atoms with E-state index in [0.717, 1.165) is 23.7 Å². The third-order valence-electron chi connectivity index (χ3n) is 2.09. The summed E-state index contributed by atoms with van der Waals surface area (Å²) >= 11 is 3.26. The van der Waals surface area contributed by atoms with Gasteiger partial charge in [0.2, 0.25) is 0 Å². The van der Waals surface area contributed by atoms with Gasteiger partial charge in [0.1, 0.15) is 0 Å². The van der Waals surface area contributed by atoms with Crippen LogP contribution in [0, 0.1) is 0 Å². The van der Waals surface area contributed by atoms with Gasteiger partial charge in [-0.05, 0) is 41.3 Å². The Hall–Kier alpha value is -0.940. The molecule has 16 heavy (non-hydrogen) atoms. The van der Waals surface area contributed by atoms with Crippen molar-refractivity contribution in [1.82, 2.24) is 10.3 Å². The van der Waals surface area contributed by atoms with Gasteiger partial charge in [-0.15, -0.1) is 0 Å². The summed E-state index contributed by atoms with van der Waals surface area (Å²) in [5.41, 5.74) is 0.552. The van der Waals surface area contributed by atoms with E-state index in [1.807, 2.05) is 0 Å². The van der Waals surface area contributed by atoms with Crippen LogP contribution in [0.2, 0.25) is 0 Å². The molecule has 1 heterocycles. The topological polar surface area (TPSA) is 62.2 Å². The molecule has 1 rings (SSSR count). The number of nitrogens with one attached hydrogen (secondary N) is 1. The van der Waals surface area contributed by atoms with Crippen LogP contribution in [-0.2, 0) is 0 Å². The number of nitrogens with zero attached hydrogens (tertiary/aromatic N) is 1. The van der Waals surface area contributed by atoms with Crippen LogP contribution in [0.5, 0.6) is 0 Å². The molecule has 0 spiro atoms. The highest BCUT2D eigenvalue weighted by molar-refractivity contribution is 9.10. The zero-order valence-corrected chi connectivity index (χ0v) is 10.5. The largest absolute Gasteiger partial charge is 0.396 e. The van der Waals surface area contributed by atoms with Crippen molar-refractivity contribution in [3.05, 3.63) is 28.5 Å². The molecule has 0 unspecified atom stereocenters. The molecule has 5 heteroatoms. The van der Waals surface area contributed by atoms with E-state index in [-0.39, 0.29) is 12.5 Å². The first kappa shape index (κ1) is 13.1. The van der Waals surface area contributed by atoms with Gasteiger partial charge < -0.3 is 10.4 Å². The summed E-state index contributed by atoms with van der Waals surface area (Å²) < 4.78 is 0.792. The number of halogens is 1. The fourth-order valence-corrected chi connectivity index (χ4v) is 1.62. The summed E-state index contributed by atoms with van der Waals surface area (Å²) in [6.45, 7) is 0.842. The van der Waals surface area contributed by atoms with E-state index in [2.05, 4.69) is 26.2 Å². The standard InChI is InChI=1S/C11H15BrN2O2/c12-10-6-9(7-13-8-10)11(16)14-4-2-1-3-5-15/h6-8,15H,1-5H2,(H,14,16). The van der Waals surface area contributed by atoms with Crippen LogP contribution in [0.3, 0.4) is 0 Å². The van der Waals surface area contributed by atoms with Crippen molar-refractivity contribution in [1.29, 1.82) is 0 Å². The first-order valence-corrected chi connectivity index (χ1v) is 6.03. The average molecular weight is 287 g/mol. The number of rotatable bonds is 6. The lowest BCUT2D eigenvalue weighted by molar-refractivity contribution is 0.0952. The number of pyridine rings is 1. The van der Waals surface area contributed by atoms with Crippen molar-refractivity contribution in [2.24, 2.45) is 0 Å². The maximum atomic E-state index is 11.6. The summed E-state index contributed by atoms with van der Waals surface area (Å²) in [7, 11) is 0. The highest BCUT2D eigenvalue weighted by atomic mass is 79.9. The molecule has 1 aromatic heterocycles. The Kier molecular flexibility index (Phi) is 6.03. The zero-order valence-electron chi connectivity index (χ0n) is 8.95. The van der Waals surface area contributed by atoms with Crippen molar-refractivity contribution < 1.29 is 9.90 Å². The van der Waals surface area contributed by atoms with E-state index in [1.54, 1.807) is 12.3 Å². The van der Waals surface area contributed by atoms with Gasteiger partial charge >= 0.3 is 0 Å². The number of carbonyl (C=O) groups is 1. The normalized spacial score (nSPS) is 10.1. The minimum absolute atomic E-state index is 0.113. The first-order valence-electron chi connectivity index (χ1n) is 5.23. The van der Waals surface area contributed by atoms with Crippen molar-refractivity contribution in [3.63, 3.8) is 0 Å². The van der Waals surface area contributed by atoms with E-state index < -0.39 is 0 Å². The fraction of sp³-hybridized carbons (Fsp3) is 0.455. The van der Waals surface area contributed by atoms with Crippen LogP contribution in [0.4, 0.5) is 0 Å². The van der Waals surface area contributed by atoms with Gasteiger partial charge in [-0.1, -0.05) is 0 Å². The quantitative estimate of drug-likeness (QED) is 0.783. The highest BCUT2D eigenvalue weighted by Crippen LogP contribution is 2.09. The van der Waals surface area contributed by atoms with Crippen LogP contribution in [0.15, 0.2) is 22.9 Å². The Morgan fingerprint density at radius 3 is 2.88 bits per heavy atom. The number of hydrogen-bond donors (Lipinski definition) is 2. The van der Waals surface area contributed by atoms with Crippen LogP contribution < -0.4 is 5.32 Å². The van der Waals surface area contributed by atoms with E-state index in [9.17, 15) is 4.79 Å². The Morgan fingerprint density at radius 1 is 1.38 bits per heavy atom. The molecule has 0 fully saturated rings. The van der Waals surface area contributed by atoms with Gasteiger partial charge in [-0.3, -0.25) is 9.78 Å². The Morgan fingerprint density at radius 2 is 2.19 bits per heavy atom. The molecule has 0 saturated carbocycles. The summed E-state index contributed by atoms with van der Waals surface area (Å²) in [5, 5.41) is 11.4. The molecule has 0 radical (unpaired) electrons. The van der Waals surface area contributed by atoms with E-state index in [4.69, 9.17) is 5.11 Å².